The third-order valence-electron chi connectivity index (χ3n) is 2.59. The SMILES string of the molecule is N=C1NC2(OCCO2)c2cc(Cl)ccc21. The Hall–Kier alpha value is -1.10. The van der Waals surface area contributed by atoms with E-state index in [0.717, 1.165) is 11.1 Å². The summed E-state index contributed by atoms with van der Waals surface area (Å²) in [5, 5.41) is 11.3. The lowest BCUT2D eigenvalue weighted by molar-refractivity contribution is -0.173. The van der Waals surface area contributed by atoms with E-state index in [0.29, 0.717) is 24.1 Å². The number of ether oxygens (including phenoxy) is 2. The van der Waals surface area contributed by atoms with Crippen molar-refractivity contribution in [1.29, 1.82) is 5.41 Å². The van der Waals surface area contributed by atoms with Gasteiger partial charge >= 0.3 is 0 Å². The van der Waals surface area contributed by atoms with Crippen LogP contribution in [0.1, 0.15) is 11.1 Å². The van der Waals surface area contributed by atoms with Crippen LogP contribution in [-0.4, -0.2) is 19.0 Å². The van der Waals surface area contributed by atoms with Crippen LogP contribution in [0.4, 0.5) is 0 Å². The molecule has 1 spiro atoms. The first-order chi connectivity index (χ1) is 7.21. The largest absolute Gasteiger partial charge is 0.327 e. The highest BCUT2D eigenvalue weighted by molar-refractivity contribution is 6.30. The second-order valence-corrected chi connectivity index (χ2v) is 3.94. The average molecular weight is 225 g/mol. The zero-order chi connectivity index (χ0) is 10.5. The summed E-state index contributed by atoms with van der Waals surface area (Å²) >= 11 is 5.92. The van der Waals surface area contributed by atoms with Gasteiger partial charge in [0.1, 0.15) is 5.84 Å². The van der Waals surface area contributed by atoms with Crippen molar-refractivity contribution < 1.29 is 9.47 Å². The predicted molar refractivity (Wildman–Crippen MR) is 55.0 cm³/mol. The van der Waals surface area contributed by atoms with E-state index in [4.69, 9.17) is 26.5 Å². The highest BCUT2D eigenvalue weighted by Gasteiger charge is 2.46. The highest BCUT2D eigenvalue weighted by atomic mass is 35.5. The molecule has 1 fully saturated rings. The van der Waals surface area contributed by atoms with Crippen LogP contribution in [0, 0.1) is 5.41 Å². The van der Waals surface area contributed by atoms with Crippen molar-refractivity contribution in [3.05, 3.63) is 34.3 Å². The van der Waals surface area contributed by atoms with E-state index in [-0.39, 0.29) is 0 Å². The molecule has 0 aromatic heterocycles. The Kier molecular flexibility index (Phi) is 1.80. The molecule has 5 heteroatoms. The molecule has 1 aromatic carbocycles. The number of halogens is 1. The van der Waals surface area contributed by atoms with Gasteiger partial charge in [0.15, 0.2) is 0 Å². The van der Waals surface area contributed by atoms with Crippen LogP contribution in [-0.2, 0) is 15.4 Å². The number of amidine groups is 1. The second-order valence-electron chi connectivity index (χ2n) is 3.50. The minimum absolute atomic E-state index is 0.309. The van der Waals surface area contributed by atoms with Crippen molar-refractivity contribution >= 4 is 17.4 Å². The summed E-state index contributed by atoms with van der Waals surface area (Å²) in [6, 6.07) is 5.33. The molecule has 15 heavy (non-hydrogen) atoms. The van der Waals surface area contributed by atoms with Crippen LogP contribution in [0.25, 0.3) is 0 Å². The van der Waals surface area contributed by atoms with E-state index in [1.54, 1.807) is 18.2 Å². The zero-order valence-corrected chi connectivity index (χ0v) is 8.60. The third kappa shape index (κ3) is 1.19. The summed E-state index contributed by atoms with van der Waals surface area (Å²) < 4.78 is 11.0. The molecule has 2 heterocycles. The number of fused-ring (bicyclic) bond motifs is 2. The second kappa shape index (κ2) is 2.95. The van der Waals surface area contributed by atoms with Gasteiger partial charge in [0.25, 0.3) is 5.91 Å². The number of hydrogen-bond acceptors (Lipinski definition) is 3. The standard InChI is InChI=1S/C10H9ClN2O2/c11-6-1-2-7-8(5-6)10(13-9(7)12)14-3-4-15-10/h1-2,5H,3-4H2,(H2,12,13). The van der Waals surface area contributed by atoms with Crippen molar-refractivity contribution in [3.63, 3.8) is 0 Å². The molecule has 0 atom stereocenters. The molecule has 0 saturated carbocycles. The molecule has 0 aliphatic carbocycles. The summed E-state index contributed by atoms with van der Waals surface area (Å²) in [5.74, 6) is -0.666. The average Bonchev–Trinajstić information content (AvgIpc) is 2.76. The third-order valence-corrected chi connectivity index (χ3v) is 2.82. The van der Waals surface area contributed by atoms with Gasteiger partial charge in [-0.05, 0) is 18.2 Å². The van der Waals surface area contributed by atoms with E-state index in [1.165, 1.54) is 0 Å². The fourth-order valence-electron chi connectivity index (χ4n) is 1.95. The minimum atomic E-state index is -0.975. The fourth-order valence-corrected chi connectivity index (χ4v) is 2.12. The Labute approximate surface area is 91.6 Å². The molecule has 4 nitrogen and oxygen atoms in total. The molecule has 2 N–H and O–H groups in total. The Morgan fingerprint density at radius 1 is 1.33 bits per heavy atom. The van der Waals surface area contributed by atoms with Crippen molar-refractivity contribution in [2.45, 2.75) is 5.91 Å². The zero-order valence-electron chi connectivity index (χ0n) is 7.84. The molecule has 3 rings (SSSR count). The molecule has 2 aliphatic heterocycles. The van der Waals surface area contributed by atoms with Crippen molar-refractivity contribution in [2.75, 3.05) is 13.2 Å². The van der Waals surface area contributed by atoms with E-state index < -0.39 is 5.91 Å². The van der Waals surface area contributed by atoms with E-state index >= 15 is 0 Å². The number of rotatable bonds is 0. The molecule has 1 saturated heterocycles. The van der Waals surface area contributed by atoms with Gasteiger partial charge in [-0.3, -0.25) is 5.41 Å². The Morgan fingerprint density at radius 3 is 2.80 bits per heavy atom. The van der Waals surface area contributed by atoms with Gasteiger partial charge in [-0.2, -0.15) is 0 Å². The van der Waals surface area contributed by atoms with E-state index in [1.807, 2.05) is 0 Å². The number of nitrogens with one attached hydrogen (secondary N) is 2. The predicted octanol–water partition coefficient (Wildman–Crippen LogP) is 1.43. The summed E-state index contributed by atoms with van der Waals surface area (Å²) in [7, 11) is 0. The molecule has 0 bridgehead atoms. The molecule has 0 amide bonds. The lowest BCUT2D eigenvalue weighted by Crippen LogP contribution is -2.40. The quantitative estimate of drug-likeness (QED) is 0.701. The van der Waals surface area contributed by atoms with Crippen LogP contribution in [0.3, 0.4) is 0 Å². The molecular weight excluding hydrogens is 216 g/mol. The van der Waals surface area contributed by atoms with Gasteiger partial charge in [-0.15, -0.1) is 0 Å². The van der Waals surface area contributed by atoms with Crippen LogP contribution in [0.5, 0.6) is 0 Å². The van der Waals surface area contributed by atoms with Crippen molar-refractivity contribution in [2.24, 2.45) is 0 Å². The van der Waals surface area contributed by atoms with Gasteiger partial charge in [-0.1, -0.05) is 11.6 Å². The lowest BCUT2D eigenvalue weighted by Gasteiger charge is -2.22. The van der Waals surface area contributed by atoms with Gasteiger partial charge in [-0.25, -0.2) is 0 Å². The molecule has 1 aromatic rings. The van der Waals surface area contributed by atoms with Crippen molar-refractivity contribution in [3.8, 4) is 0 Å². The monoisotopic (exact) mass is 224 g/mol. The molecular formula is C10H9ClN2O2. The van der Waals surface area contributed by atoms with Crippen LogP contribution in [0.15, 0.2) is 18.2 Å². The Morgan fingerprint density at radius 2 is 2.07 bits per heavy atom. The van der Waals surface area contributed by atoms with Gasteiger partial charge < -0.3 is 14.8 Å². The van der Waals surface area contributed by atoms with Crippen molar-refractivity contribution in [1.82, 2.24) is 5.32 Å². The summed E-state index contributed by atoms with van der Waals surface area (Å²) in [6.07, 6.45) is 0. The molecule has 0 radical (unpaired) electrons. The van der Waals surface area contributed by atoms with Crippen LogP contribution in [0.2, 0.25) is 5.02 Å². The maximum absolute atomic E-state index is 7.78. The van der Waals surface area contributed by atoms with Gasteiger partial charge in [0.2, 0.25) is 0 Å². The number of hydrogen-bond donors (Lipinski definition) is 2. The molecule has 2 aliphatic rings. The normalized spacial score (nSPS) is 21.8. The topological polar surface area (TPSA) is 54.3 Å². The number of benzene rings is 1. The van der Waals surface area contributed by atoms with Gasteiger partial charge in [0, 0.05) is 16.1 Å². The highest BCUT2D eigenvalue weighted by Crippen LogP contribution is 2.37. The summed E-state index contributed by atoms with van der Waals surface area (Å²) in [5.41, 5.74) is 1.57. The minimum Gasteiger partial charge on any atom is -0.327 e. The van der Waals surface area contributed by atoms with Crippen LogP contribution >= 0.6 is 11.6 Å². The first kappa shape index (κ1) is 9.15. The first-order valence-electron chi connectivity index (χ1n) is 4.66. The Balaban J connectivity index is 2.19. The fraction of sp³-hybridized carbons (Fsp3) is 0.300. The Bertz CT molecular complexity index is 441. The maximum Gasteiger partial charge on any atom is 0.279 e. The summed E-state index contributed by atoms with van der Waals surface area (Å²) in [4.78, 5) is 0. The smallest absolute Gasteiger partial charge is 0.279 e. The van der Waals surface area contributed by atoms with E-state index in [2.05, 4.69) is 5.32 Å². The lowest BCUT2D eigenvalue weighted by atomic mass is 10.1. The first-order valence-corrected chi connectivity index (χ1v) is 5.04. The van der Waals surface area contributed by atoms with Crippen LogP contribution < -0.4 is 5.32 Å². The molecule has 0 unspecified atom stereocenters. The summed E-state index contributed by atoms with van der Waals surface area (Å²) in [6.45, 7) is 1.04. The molecule has 78 valence electrons. The van der Waals surface area contributed by atoms with E-state index in [9.17, 15) is 0 Å². The van der Waals surface area contributed by atoms with Gasteiger partial charge in [0.05, 0.1) is 13.2 Å². The maximum atomic E-state index is 7.78.